The van der Waals surface area contributed by atoms with E-state index >= 15 is 0 Å². The van der Waals surface area contributed by atoms with Gasteiger partial charge in [-0.25, -0.2) is 0 Å². The quantitative estimate of drug-likeness (QED) is 0.863. The van der Waals surface area contributed by atoms with Gasteiger partial charge in [-0.1, -0.05) is 11.6 Å². The van der Waals surface area contributed by atoms with E-state index < -0.39 is 0 Å². The van der Waals surface area contributed by atoms with Crippen LogP contribution in [-0.2, 0) is 0 Å². The maximum Gasteiger partial charge on any atom is 0.127 e. The molecular weight excluding hydrogens is 238 g/mol. The third-order valence-electron chi connectivity index (χ3n) is 2.70. The van der Waals surface area contributed by atoms with E-state index in [9.17, 15) is 0 Å². The minimum Gasteiger partial charge on any atom is -0.489 e. The van der Waals surface area contributed by atoms with E-state index in [0.717, 1.165) is 16.9 Å². The van der Waals surface area contributed by atoms with E-state index in [1.54, 1.807) is 0 Å². The molecule has 0 amide bonds. The van der Waals surface area contributed by atoms with Gasteiger partial charge < -0.3 is 15.2 Å². The topological polar surface area (TPSA) is 41.5 Å². The summed E-state index contributed by atoms with van der Waals surface area (Å²) in [6.45, 7) is 3.37. The van der Waals surface area contributed by atoms with E-state index in [0.29, 0.717) is 18.2 Å². The summed E-state index contributed by atoms with van der Waals surface area (Å²) < 4.78 is 5.63. The van der Waals surface area contributed by atoms with Gasteiger partial charge in [-0.05, 0) is 36.8 Å². The minimum atomic E-state index is 0.0941. The van der Waals surface area contributed by atoms with Gasteiger partial charge in [0.15, 0.2) is 0 Å². The molecule has 0 saturated carbocycles. The monoisotopic (exact) mass is 253 g/mol. The Hall–Kier alpha value is -1.03. The fourth-order valence-corrected chi connectivity index (χ4v) is 1.85. The summed E-state index contributed by atoms with van der Waals surface area (Å²) >= 11 is 5.94. The number of benzene rings is 1. The molecule has 0 spiro atoms. The maximum absolute atomic E-state index is 8.93. The number of rotatable bonds is 4. The van der Waals surface area contributed by atoms with Gasteiger partial charge in [-0.15, -0.1) is 0 Å². The molecule has 0 aliphatic carbocycles. The highest BCUT2D eigenvalue weighted by atomic mass is 35.5. The maximum atomic E-state index is 8.93. The van der Waals surface area contributed by atoms with Crippen molar-refractivity contribution in [2.45, 2.75) is 13.0 Å². The van der Waals surface area contributed by atoms with Crippen molar-refractivity contribution in [3.8, 4) is 5.75 Å². The molecule has 1 aromatic rings. The van der Waals surface area contributed by atoms with Crippen molar-refractivity contribution >= 4 is 17.7 Å². The molecular formula is C13H16ClNO2. The van der Waals surface area contributed by atoms with Gasteiger partial charge in [0.1, 0.15) is 12.4 Å². The van der Waals surface area contributed by atoms with Crippen LogP contribution in [0.2, 0.25) is 5.02 Å². The van der Waals surface area contributed by atoms with Crippen molar-refractivity contribution in [2.24, 2.45) is 0 Å². The summed E-state index contributed by atoms with van der Waals surface area (Å²) in [5, 5.41) is 12.9. The smallest absolute Gasteiger partial charge is 0.127 e. The first-order chi connectivity index (χ1) is 8.19. The number of halogens is 1. The van der Waals surface area contributed by atoms with Crippen LogP contribution in [0, 0.1) is 0 Å². The van der Waals surface area contributed by atoms with Crippen LogP contribution in [-0.4, -0.2) is 30.9 Å². The first-order valence-electron chi connectivity index (χ1n) is 5.65. The van der Waals surface area contributed by atoms with E-state index in [2.05, 4.69) is 11.4 Å². The van der Waals surface area contributed by atoms with Crippen LogP contribution < -0.4 is 10.1 Å². The van der Waals surface area contributed by atoms with Gasteiger partial charge in [-0.3, -0.25) is 0 Å². The Bertz CT molecular complexity index is 431. The lowest BCUT2D eigenvalue weighted by Crippen LogP contribution is -2.32. The fourth-order valence-electron chi connectivity index (χ4n) is 1.67. The molecule has 3 nitrogen and oxygen atoms in total. The summed E-state index contributed by atoms with van der Waals surface area (Å²) in [5.41, 5.74) is 2.16. The van der Waals surface area contributed by atoms with E-state index in [1.807, 2.05) is 25.1 Å². The highest BCUT2D eigenvalue weighted by Crippen LogP contribution is 2.28. The molecule has 1 aliphatic rings. The highest BCUT2D eigenvalue weighted by molar-refractivity contribution is 6.30. The molecule has 2 rings (SSSR count). The number of aliphatic hydroxyl groups excluding tert-OH is 1. The zero-order valence-electron chi connectivity index (χ0n) is 9.74. The number of hydrogen-bond acceptors (Lipinski definition) is 3. The zero-order chi connectivity index (χ0) is 12.3. The molecule has 1 aliphatic heterocycles. The summed E-state index contributed by atoms with van der Waals surface area (Å²) in [6.07, 6.45) is 2.09. The Morgan fingerprint density at radius 2 is 2.35 bits per heavy atom. The van der Waals surface area contributed by atoms with Gasteiger partial charge >= 0.3 is 0 Å². The first kappa shape index (κ1) is 12.4. The van der Waals surface area contributed by atoms with Crippen molar-refractivity contribution in [3.05, 3.63) is 34.4 Å². The third-order valence-corrected chi connectivity index (χ3v) is 2.93. The van der Waals surface area contributed by atoms with Crippen LogP contribution in [0.15, 0.2) is 23.8 Å². The number of nitrogens with one attached hydrogen (secondary N) is 1. The van der Waals surface area contributed by atoms with Gasteiger partial charge in [0, 0.05) is 23.2 Å². The zero-order valence-corrected chi connectivity index (χ0v) is 10.5. The van der Waals surface area contributed by atoms with Crippen molar-refractivity contribution in [3.63, 3.8) is 0 Å². The average Bonchev–Trinajstić information content (AvgIpc) is 2.35. The number of fused-ring (bicyclic) bond motifs is 1. The second-order valence-corrected chi connectivity index (χ2v) is 4.67. The summed E-state index contributed by atoms with van der Waals surface area (Å²) in [4.78, 5) is 0. The van der Waals surface area contributed by atoms with E-state index in [1.165, 1.54) is 0 Å². The van der Waals surface area contributed by atoms with Crippen molar-refractivity contribution in [2.75, 3.05) is 19.8 Å². The Morgan fingerprint density at radius 1 is 1.53 bits per heavy atom. The first-order valence-corrected chi connectivity index (χ1v) is 6.03. The molecule has 1 heterocycles. The summed E-state index contributed by atoms with van der Waals surface area (Å²) in [7, 11) is 0. The molecule has 0 saturated heterocycles. The number of aliphatic hydroxyl groups is 1. The lowest BCUT2D eigenvalue weighted by Gasteiger charge is -2.19. The molecule has 1 atom stereocenters. The lowest BCUT2D eigenvalue weighted by atomic mass is 10.1. The fraction of sp³-hybridized carbons (Fsp3) is 0.385. The molecule has 0 unspecified atom stereocenters. The Kier molecular flexibility index (Phi) is 4.05. The summed E-state index contributed by atoms with van der Waals surface area (Å²) in [6, 6.07) is 5.70. The van der Waals surface area contributed by atoms with Crippen LogP contribution in [0.3, 0.4) is 0 Å². The normalized spacial score (nSPS) is 15.8. The van der Waals surface area contributed by atoms with Crippen LogP contribution in [0.1, 0.15) is 12.5 Å². The van der Waals surface area contributed by atoms with Crippen molar-refractivity contribution < 1.29 is 9.84 Å². The van der Waals surface area contributed by atoms with Crippen molar-refractivity contribution in [1.29, 1.82) is 0 Å². The van der Waals surface area contributed by atoms with E-state index in [4.69, 9.17) is 21.4 Å². The molecule has 92 valence electrons. The van der Waals surface area contributed by atoms with Crippen LogP contribution in [0.25, 0.3) is 6.08 Å². The van der Waals surface area contributed by atoms with Crippen molar-refractivity contribution in [1.82, 2.24) is 5.32 Å². The third kappa shape index (κ3) is 3.22. The minimum absolute atomic E-state index is 0.0941. The summed E-state index contributed by atoms with van der Waals surface area (Å²) in [5.74, 6) is 0.869. The SMILES string of the molecule is C[C@H](CO)NCC1=Cc2cc(Cl)ccc2OC1. The second kappa shape index (κ2) is 5.54. The highest BCUT2D eigenvalue weighted by Gasteiger charge is 2.12. The molecule has 0 bridgehead atoms. The Balaban J connectivity index is 2.06. The average molecular weight is 254 g/mol. The Morgan fingerprint density at radius 3 is 3.12 bits per heavy atom. The predicted molar refractivity (Wildman–Crippen MR) is 69.5 cm³/mol. The standard InChI is InChI=1S/C13H16ClNO2/c1-9(7-16)15-6-10-4-11-5-12(14)2-3-13(11)17-8-10/h2-5,9,15-16H,6-8H2,1H3/t9-/m1/s1. The molecule has 0 radical (unpaired) electrons. The largest absolute Gasteiger partial charge is 0.489 e. The predicted octanol–water partition coefficient (Wildman–Crippen LogP) is 2.09. The molecule has 17 heavy (non-hydrogen) atoms. The number of ether oxygens (including phenoxy) is 1. The molecule has 1 aromatic carbocycles. The van der Waals surface area contributed by atoms with Gasteiger partial charge in [0.05, 0.1) is 6.61 Å². The number of hydrogen-bond donors (Lipinski definition) is 2. The van der Waals surface area contributed by atoms with Gasteiger partial charge in [0.25, 0.3) is 0 Å². The molecule has 0 aromatic heterocycles. The van der Waals surface area contributed by atoms with Crippen LogP contribution >= 0.6 is 11.6 Å². The molecule has 4 heteroatoms. The Labute approximate surface area is 106 Å². The van der Waals surface area contributed by atoms with E-state index in [-0.39, 0.29) is 12.6 Å². The van der Waals surface area contributed by atoms with Crippen LogP contribution in [0.5, 0.6) is 5.75 Å². The molecule has 2 N–H and O–H groups in total. The van der Waals surface area contributed by atoms with Gasteiger partial charge in [-0.2, -0.15) is 0 Å². The second-order valence-electron chi connectivity index (χ2n) is 4.24. The lowest BCUT2D eigenvalue weighted by molar-refractivity contribution is 0.252. The molecule has 0 fully saturated rings. The van der Waals surface area contributed by atoms with Crippen LogP contribution in [0.4, 0.5) is 0 Å². The van der Waals surface area contributed by atoms with Gasteiger partial charge in [0.2, 0.25) is 0 Å².